The van der Waals surface area contributed by atoms with Crippen LogP contribution in [-0.2, 0) is 10.0 Å². The molecule has 0 spiro atoms. The van der Waals surface area contributed by atoms with Crippen LogP contribution in [0.1, 0.15) is 29.2 Å². The standard InChI is InChI=1S/C18H20N2O3S/c1-14-12-15(13-19)8-9-18(14)24(22,23)20(2)17(10-11-21)16-6-4-3-5-7-16/h3-9,12,17,21H,10-11H2,1-2H3. The van der Waals surface area contributed by atoms with Crippen molar-refractivity contribution in [3.05, 3.63) is 65.2 Å². The van der Waals surface area contributed by atoms with Gasteiger partial charge in [0.15, 0.2) is 0 Å². The topological polar surface area (TPSA) is 81.4 Å². The van der Waals surface area contributed by atoms with Crippen LogP contribution in [0.15, 0.2) is 53.4 Å². The van der Waals surface area contributed by atoms with Crippen molar-refractivity contribution < 1.29 is 13.5 Å². The van der Waals surface area contributed by atoms with E-state index < -0.39 is 16.1 Å². The highest BCUT2D eigenvalue weighted by Crippen LogP contribution is 2.30. The number of nitriles is 1. The number of hydrogen-bond donors (Lipinski definition) is 1. The summed E-state index contributed by atoms with van der Waals surface area (Å²) < 4.78 is 27.3. The number of nitrogens with zero attached hydrogens (tertiary/aromatic N) is 2. The lowest BCUT2D eigenvalue weighted by molar-refractivity contribution is 0.240. The molecule has 0 saturated heterocycles. The molecule has 0 aliphatic carbocycles. The lowest BCUT2D eigenvalue weighted by Gasteiger charge is -2.28. The fraction of sp³-hybridized carbons (Fsp3) is 0.278. The van der Waals surface area contributed by atoms with Crippen LogP contribution in [0.3, 0.4) is 0 Å². The van der Waals surface area contributed by atoms with Crippen molar-refractivity contribution in [3.63, 3.8) is 0 Å². The van der Waals surface area contributed by atoms with Gasteiger partial charge in [-0.05, 0) is 42.7 Å². The van der Waals surface area contributed by atoms with Crippen LogP contribution in [0.5, 0.6) is 0 Å². The highest BCUT2D eigenvalue weighted by molar-refractivity contribution is 7.89. The maximum Gasteiger partial charge on any atom is 0.243 e. The van der Waals surface area contributed by atoms with Gasteiger partial charge in [-0.2, -0.15) is 9.57 Å². The SMILES string of the molecule is Cc1cc(C#N)ccc1S(=O)(=O)N(C)C(CCO)c1ccccc1. The second-order valence-corrected chi connectivity index (χ2v) is 7.52. The van der Waals surface area contributed by atoms with E-state index in [9.17, 15) is 13.5 Å². The average Bonchev–Trinajstić information content (AvgIpc) is 2.59. The van der Waals surface area contributed by atoms with Gasteiger partial charge in [-0.1, -0.05) is 30.3 Å². The second-order valence-electron chi connectivity index (χ2n) is 5.55. The molecule has 0 aliphatic heterocycles. The van der Waals surface area contributed by atoms with Crippen molar-refractivity contribution in [1.29, 1.82) is 5.26 Å². The zero-order chi connectivity index (χ0) is 17.7. The minimum absolute atomic E-state index is 0.119. The van der Waals surface area contributed by atoms with Crippen LogP contribution in [0.2, 0.25) is 0 Å². The number of aliphatic hydroxyl groups excluding tert-OH is 1. The Morgan fingerprint density at radius 2 is 1.88 bits per heavy atom. The third-order valence-electron chi connectivity index (χ3n) is 3.99. The van der Waals surface area contributed by atoms with E-state index in [-0.39, 0.29) is 11.5 Å². The molecular formula is C18H20N2O3S. The Hall–Kier alpha value is -2.20. The molecule has 6 heteroatoms. The van der Waals surface area contributed by atoms with Gasteiger partial charge >= 0.3 is 0 Å². The van der Waals surface area contributed by atoms with Crippen molar-refractivity contribution in [3.8, 4) is 6.07 Å². The van der Waals surface area contributed by atoms with Crippen LogP contribution in [0.4, 0.5) is 0 Å². The summed E-state index contributed by atoms with van der Waals surface area (Å²) in [5.74, 6) is 0. The van der Waals surface area contributed by atoms with Gasteiger partial charge in [-0.25, -0.2) is 8.42 Å². The zero-order valence-corrected chi connectivity index (χ0v) is 14.5. The predicted molar refractivity (Wildman–Crippen MR) is 91.7 cm³/mol. The van der Waals surface area contributed by atoms with Gasteiger partial charge in [-0.3, -0.25) is 0 Å². The van der Waals surface area contributed by atoms with E-state index in [1.54, 1.807) is 13.0 Å². The van der Waals surface area contributed by atoms with Crippen LogP contribution in [0.25, 0.3) is 0 Å². The smallest absolute Gasteiger partial charge is 0.243 e. The Morgan fingerprint density at radius 1 is 1.21 bits per heavy atom. The van der Waals surface area contributed by atoms with Crippen LogP contribution in [-0.4, -0.2) is 31.5 Å². The molecule has 0 radical (unpaired) electrons. The number of rotatable bonds is 6. The highest BCUT2D eigenvalue weighted by atomic mass is 32.2. The van der Waals surface area contributed by atoms with E-state index >= 15 is 0 Å². The molecule has 0 aliphatic rings. The molecule has 1 N–H and O–H groups in total. The van der Waals surface area contributed by atoms with Gasteiger partial charge in [0.1, 0.15) is 0 Å². The fourth-order valence-corrected chi connectivity index (χ4v) is 4.27. The quantitative estimate of drug-likeness (QED) is 0.873. The lowest BCUT2D eigenvalue weighted by atomic mass is 10.0. The Kier molecular flexibility index (Phi) is 5.73. The number of benzene rings is 2. The molecule has 126 valence electrons. The maximum atomic E-state index is 13.0. The Bertz CT molecular complexity index is 842. The van der Waals surface area contributed by atoms with Crippen molar-refractivity contribution in [1.82, 2.24) is 4.31 Å². The lowest BCUT2D eigenvalue weighted by Crippen LogP contribution is -2.32. The molecule has 2 rings (SSSR count). The molecule has 0 bridgehead atoms. The van der Waals surface area contributed by atoms with E-state index in [1.807, 2.05) is 36.4 Å². The fourth-order valence-electron chi connectivity index (χ4n) is 2.69. The zero-order valence-electron chi connectivity index (χ0n) is 13.7. The van der Waals surface area contributed by atoms with Crippen LogP contribution < -0.4 is 0 Å². The highest BCUT2D eigenvalue weighted by Gasteiger charge is 2.29. The minimum atomic E-state index is -3.75. The van der Waals surface area contributed by atoms with Gasteiger partial charge in [0.05, 0.1) is 22.6 Å². The first-order chi connectivity index (χ1) is 11.4. The average molecular weight is 344 g/mol. The second kappa shape index (κ2) is 7.58. The van der Waals surface area contributed by atoms with Crippen LogP contribution >= 0.6 is 0 Å². The molecule has 0 aromatic heterocycles. The normalized spacial score (nSPS) is 12.8. The van der Waals surface area contributed by atoms with Gasteiger partial charge in [0, 0.05) is 13.7 Å². The molecule has 0 fully saturated rings. The van der Waals surface area contributed by atoms with Crippen molar-refractivity contribution >= 4 is 10.0 Å². The Labute approximate surface area is 142 Å². The molecule has 5 nitrogen and oxygen atoms in total. The molecule has 2 aromatic carbocycles. The molecular weight excluding hydrogens is 324 g/mol. The summed E-state index contributed by atoms with van der Waals surface area (Å²) >= 11 is 0. The maximum absolute atomic E-state index is 13.0. The van der Waals surface area contributed by atoms with Crippen LogP contribution in [0, 0.1) is 18.3 Å². The van der Waals surface area contributed by atoms with Gasteiger partial charge < -0.3 is 5.11 Å². The number of aliphatic hydroxyl groups is 1. The number of aryl methyl sites for hydroxylation is 1. The van der Waals surface area contributed by atoms with Crippen molar-refractivity contribution in [2.45, 2.75) is 24.3 Å². The van der Waals surface area contributed by atoms with E-state index in [1.165, 1.54) is 23.5 Å². The summed E-state index contributed by atoms with van der Waals surface area (Å²) in [4.78, 5) is 0.169. The first-order valence-electron chi connectivity index (χ1n) is 7.56. The molecule has 1 unspecified atom stereocenters. The molecule has 0 heterocycles. The van der Waals surface area contributed by atoms with E-state index in [0.717, 1.165) is 5.56 Å². The first-order valence-corrected chi connectivity index (χ1v) is 9.00. The van der Waals surface area contributed by atoms with Crippen molar-refractivity contribution in [2.24, 2.45) is 0 Å². The third kappa shape index (κ3) is 3.65. The molecule has 1 atom stereocenters. The molecule has 0 saturated carbocycles. The summed E-state index contributed by atoms with van der Waals surface area (Å²) in [5, 5.41) is 18.3. The Balaban J connectivity index is 2.45. The number of hydrogen-bond acceptors (Lipinski definition) is 4. The minimum Gasteiger partial charge on any atom is -0.396 e. The van der Waals surface area contributed by atoms with Gasteiger partial charge in [0.2, 0.25) is 10.0 Å². The van der Waals surface area contributed by atoms with E-state index in [4.69, 9.17) is 5.26 Å². The summed E-state index contributed by atoms with van der Waals surface area (Å²) in [6.45, 7) is 1.55. The van der Waals surface area contributed by atoms with E-state index in [2.05, 4.69) is 0 Å². The first kappa shape index (κ1) is 18.1. The third-order valence-corrected chi connectivity index (χ3v) is 6.01. The monoisotopic (exact) mass is 344 g/mol. The predicted octanol–water partition coefficient (Wildman–Crippen LogP) is 2.61. The summed E-state index contributed by atoms with van der Waals surface area (Å²) in [6, 6.07) is 15.3. The largest absolute Gasteiger partial charge is 0.396 e. The molecule has 0 amide bonds. The summed E-state index contributed by atoms with van der Waals surface area (Å²) in [7, 11) is -2.24. The molecule has 24 heavy (non-hydrogen) atoms. The Morgan fingerprint density at radius 3 is 2.42 bits per heavy atom. The molecule has 2 aromatic rings. The van der Waals surface area contributed by atoms with Crippen molar-refractivity contribution in [2.75, 3.05) is 13.7 Å². The van der Waals surface area contributed by atoms with E-state index in [0.29, 0.717) is 17.5 Å². The summed E-state index contributed by atoms with van der Waals surface area (Å²) in [5.41, 5.74) is 1.77. The summed E-state index contributed by atoms with van der Waals surface area (Å²) in [6.07, 6.45) is 0.301. The van der Waals surface area contributed by atoms with Gasteiger partial charge in [-0.15, -0.1) is 0 Å². The number of sulfonamides is 1. The van der Waals surface area contributed by atoms with Gasteiger partial charge in [0.25, 0.3) is 0 Å².